The molecule has 20 heavy (non-hydrogen) atoms. The quantitative estimate of drug-likeness (QED) is 0.805. The first kappa shape index (κ1) is 13.6. The number of terminal acetylenes is 1. The number of para-hydroxylation sites is 1. The van der Waals surface area contributed by atoms with Crippen molar-refractivity contribution in [1.82, 2.24) is 10.3 Å². The van der Waals surface area contributed by atoms with Gasteiger partial charge in [-0.25, -0.2) is 0 Å². The topological polar surface area (TPSA) is 85.1 Å². The Kier molecular flexibility index (Phi) is 3.96. The number of hydrogen-bond donors (Lipinski definition) is 2. The Morgan fingerprint density at radius 1 is 1.40 bits per heavy atom. The van der Waals surface area contributed by atoms with Crippen molar-refractivity contribution in [2.45, 2.75) is 12.5 Å². The smallest absolute Gasteiger partial charge is 0.253 e. The van der Waals surface area contributed by atoms with Gasteiger partial charge in [-0.05, 0) is 12.1 Å². The fraction of sp³-hybridized carbons (Fsp3) is 0.133. The molecular formula is C15H13N3O2. The number of pyridine rings is 1. The van der Waals surface area contributed by atoms with Crippen LogP contribution in [-0.2, 0) is 4.79 Å². The summed E-state index contributed by atoms with van der Waals surface area (Å²) in [6.07, 6.45) is 6.64. The number of aromatic nitrogens is 1. The number of nitrogens with one attached hydrogen (secondary N) is 1. The minimum absolute atomic E-state index is 0.0576. The number of nitrogens with two attached hydrogens (primary N) is 1. The first-order valence-corrected chi connectivity index (χ1v) is 6.00. The van der Waals surface area contributed by atoms with E-state index in [1.165, 1.54) is 6.20 Å². The van der Waals surface area contributed by atoms with Gasteiger partial charge in [-0.15, -0.1) is 12.3 Å². The maximum atomic E-state index is 12.1. The van der Waals surface area contributed by atoms with E-state index in [4.69, 9.17) is 12.2 Å². The molecule has 0 aliphatic rings. The Labute approximate surface area is 116 Å². The molecule has 2 amide bonds. The van der Waals surface area contributed by atoms with Gasteiger partial charge in [-0.3, -0.25) is 14.6 Å². The van der Waals surface area contributed by atoms with Gasteiger partial charge in [0.15, 0.2) is 0 Å². The minimum atomic E-state index is -0.876. The zero-order valence-corrected chi connectivity index (χ0v) is 10.7. The van der Waals surface area contributed by atoms with Crippen molar-refractivity contribution in [2.24, 2.45) is 5.73 Å². The van der Waals surface area contributed by atoms with Gasteiger partial charge < -0.3 is 11.1 Å². The molecule has 5 nitrogen and oxygen atoms in total. The molecule has 1 aromatic carbocycles. The predicted octanol–water partition coefficient (Wildman–Crippen LogP) is 0.842. The van der Waals surface area contributed by atoms with Crippen LogP contribution in [0.2, 0.25) is 0 Å². The highest BCUT2D eigenvalue weighted by atomic mass is 16.2. The van der Waals surface area contributed by atoms with Crippen molar-refractivity contribution >= 4 is 22.7 Å². The Morgan fingerprint density at radius 3 is 2.85 bits per heavy atom. The second-order valence-corrected chi connectivity index (χ2v) is 4.25. The molecule has 0 bridgehead atoms. The van der Waals surface area contributed by atoms with E-state index in [1.54, 1.807) is 6.07 Å². The van der Waals surface area contributed by atoms with Crippen LogP contribution in [0.3, 0.4) is 0 Å². The van der Waals surface area contributed by atoms with E-state index in [-0.39, 0.29) is 6.42 Å². The largest absolute Gasteiger partial charge is 0.368 e. The summed E-state index contributed by atoms with van der Waals surface area (Å²) in [6.45, 7) is 0. The van der Waals surface area contributed by atoms with E-state index in [0.717, 1.165) is 10.9 Å². The molecule has 2 aromatic rings. The number of primary amides is 1. The van der Waals surface area contributed by atoms with Crippen LogP contribution < -0.4 is 11.1 Å². The maximum absolute atomic E-state index is 12.1. The zero-order chi connectivity index (χ0) is 14.5. The molecule has 1 aromatic heterocycles. The lowest BCUT2D eigenvalue weighted by molar-refractivity contribution is -0.119. The molecule has 0 aliphatic heterocycles. The number of benzene rings is 1. The molecule has 1 atom stereocenters. The van der Waals surface area contributed by atoms with Gasteiger partial charge in [0.25, 0.3) is 5.91 Å². The van der Waals surface area contributed by atoms with Gasteiger partial charge in [0.2, 0.25) is 5.91 Å². The molecule has 3 N–H and O–H groups in total. The molecule has 0 spiro atoms. The molecule has 0 aliphatic carbocycles. The molecule has 2 rings (SSSR count). The van der Waals surface area contributed by atoms with E-state index >= 15 is 0 Å². The number of amides is 2. The van der Waals surface area contributed by atoms with E-state index < -0.39 is 17.9 Å². The Hall–Kier alpha value is -2.87. The van der Waals surface area contributed by atoms with Gasteiger partial charge in [-0.1, -0.05) is 18.2 Å². The number of carbonyl (C=O) groups excluding carboxylic acids is 2. The van der Waals surface area contributed by atoms with Crippen molar-refractivity contribution in [3.05, 3.63) is 42.1 Å². The Bertz CT molecular complexity index is 704. The fourth-order valence-corrected chi connectivity index (χ4v) is 1.78. The van der Waals surface area contributed by atoms with Gasteiger partial charge >= 0.3 is 0 Å². The summed E-state index contributed by atoms with van der Waals surface area (Å²) in [6, 6.07) is 8.25. The van der Waals surface area contributed by atoms with Crippen LogP contribution in [0.25, 0.3) is 10.9 Å². The van der Waals surface area contributed by atoms with Gasteiger partial charge in [-0.2, -0.15) is 0 Å². The summed E-state index contributed by atoms with van der Waals surface area (Å²) >= 11 is 0. The van der Waals surface area contributed by atoms with Gasteiger partial charge in [0, 0.05) is 18.0 Å². The summed E-state index contributed by atoms with van der Waals surface area (Å²) in [5, 5.41) is 3.34. The highest BCUT2D eigenvalue weighted by Crippen LogP contribution is 2.12. The van der Waals surface area contributed by atoms with Crippen LogP contribution in [0.4, 0.5) is 0 Å². The average Bonchev–Trinajstić information content (AvgIpc) is 2.46. The molecule has 0 saturated carbocycles. The maximum Gasteiger partial charge on any atom is 0.253 e. The van der Waals surface area contributed by atoms with Crippen LogP contribution in [-0.4, -0.2) is 22.8 Å². The van der Waals surface area contributed by atoms with Crippen molar-refractivity contribution in [2.75, 3.05) is 0 Å². The summed E-state index contributed by atoms with van der Waals surface area (Å²) in [5.41, 5.74) is 6.32. The summed E-state index contributed by atoms with van der Waals surface area (Å²) < 4.78 is 0. The second-order valence-electron chi connectivity index (χ2n) is 4.25. The lowest BCUT2D eigenvalue weighted by atomic mass is 10.1. The first-order chi connectivity index (χ1) is 9.61. The molecular weight excluding hydrogens is 254 g/mol. The Balaban J connectivity index is 2.22. The summed E-state index contributed by atoms with van der Waals surface area (Å²) in [5.74, 6) is 1.21. The molecule has 0 unspecified atom stereocenters. The predicted molar refractivity (Wildman–Crippen MR) is 75.6 cm³/mol. The molecule has 0 radical (unpaired) electrons. The number of nitrogens with zero attached hydrogens (tertiary/aromatic N) is 1. The third kappa shape index (κ3) is 2.93. The standard InChI is InChI=1S/C15H13N3O2/c1-2-5-13(14(16)19)18-15(20)11-8-10-6-3-4-7-12(10)17-9-11/h1,3-4,6-9,13H,5H2,(H2,16,19)(H,18,20)/t13-/m0/s1. The van der Waals surface area contributed by atoms with E-state index in [0.29, 0.717) is 5.56 Å². The number of rotatable bonds is 4. The summed E-state index contributed by atoms with van der Waals surface area (Å²) in [7, 11) is 0. The molecule has 100 valence electrons. The molecule has 1 heterocycles. The van der Waals surface area contributed by atoms with Gasteiger partial charge in [0.1, 0.15) is 6.04 Å². The zero-order valence-electron chi connectivity index (χ0n) is 10.7. The second kappa shape index (κ2) is 5.85. The average molecular weight is 267 g/mol. The van der Waals surface area contributed by atoms with Crippen LogP contribution in [0, 0.1) is 12.3 Å². The number of hydrogen-bond acceptors (Lipinski definition) is 3. The van der Waals surface area contributed by atoms with Crippen LogP contribution >= 0.6 is 0 Å². The van der Waals surface area contributed by atoms with Gasteiger partial charge in [0.05, 0.1) is 11.1 Å². The van der Waals surface area contributed by atoms with Crippen molar-refractivity contribution in [1.29, 1.82) is 0 Å². The van der Waals surface area contributed by atoms with Crippen LogP contribution in [0.1, 0.15) is 16.8 Å². The minimum Gasteiger partial charge on any atom is -0.368 e. The molecule has 5 heteroatoms. The molecule has 0 saturated heterocycles. The third-order valence-electron chi connectivity index (χ3n) is 2.82. The molecule has 0 fully saturated rings. The highest BCUT2D eigenvalue weighted by molar-refractivity contribution is 5.99. The fourth-order valence-electron chi connectivity index (χ4n) is 1.78. The lowest BCUT2D eigenvalue weighted by Crippen LogP contribution is -2.44. The third-order valence-corrected chi connectivity index (χ3v) is 2.82. The van der Waals surface area contributed by atoms with Crippen molar-refractivity contribution in [3.63, 3.8) is 0 Å². The number of fused-ring (bicyclic) bond motifs is 1. The lowest BCUT2D eigenvalue weighted by Gasteiger charge is -2.12. The van der Waals surface area contributed by atoms with E-state index in [1.807, 2.05) is 24.3 Å². The normalized spacial score (nSPS) is 11.6. The first-order valence-electron chi connectivity index (χ1n) is 6.00. The highest BCUT2D eigenvalue weighted by Gasteiger charge is 2.18. The van der Waals surface area contributed by atoms with E-state index in [9.17, 15) is 9.59 Å². The number of carbonyl (C=O) groups is 2. The SMILES string of the molecule is C#CC[C@H](NC(=O)c1cnc2ccccc2c1)C(N)=O. The summed E-state index contributed by atoms with van der Waals surface area (Å²) in [4.78, 5) is 27.4. The van der Waals surface area contributed by atoms with Crippen molar-refractivity contribution in [3.8, 4) is 12.3 Å². The van der Waals surface area contributed by atoms with E-state index in [2.05, 4.69) is 16.2 Å². The monoisotopic (exact) mass is 267 g/mol. The van der Waals surface area contributed by atoms with Crippen molar-refractivity contribution < 1.29 is 9.59 Å². The van der Waals surface area contributed by atoms with Crippen LogP contribution in [0.15, 0.2) is 36.5 Å². The Morgan fingerprint density at radius 2 is 2.15 bits per heavy atom. The van der Waals surface area contributed by atoms with Crippen LogP contribution in [0.5, 0.6) is 0 Å².